The smallest absolute Gasteiger partial charge is 0.241 e. The van der Waals surface area contributed by atoms with E-state index < -0.39 is 0 Å². The molecule has 1 amide bonds. The lowest BCUT2D eigenvalue weighted by molar-refractivity contribution is -0.134. The molecule has 0 bridgehead atoms. The molecule has 2 aromatic carbocycles. The van der Waals surface area contributed by atoms with Gasteiger partial charge in [0.15, 0.2) is 0 Å². The molecule has 2 N–H and O–H groups in total. The van der Waals surface area contributed by atoms with Crippen LogP contribution in [-0.4, -0.2) is 46.6 Å². The lowest BCUT2D eigenvalue weighted by atomic mass is 9.95. The SMILES string of the molecule is COc1cccc(C2CC(C(=O)N3CCC(Cn4c(C)nc5ccccc54)CC3)NN2)c1. The molecule has 0 spiro atoms. The Morgan fingerprint density at radius 3 is 2.75 bits per heavy atom. The molecule has 3 heterocycles. The molecule has 2 saturated heterocycles. The summed E-state index contributed by atoms with van der Waals surface area (Å²) in [5, 5.41) is 0. The van der Waals surface area contributed by atoms with Crippen LogP contribution in [0.1, 0.15) is 36.7 Å². The summed E-state index contributed by atoms with van der Waals surface area (Å²) in [5.74, 6) is 2.66. The molecular formula is C25H31N5O2. The summed E-state index contributed by atoms with van der Waals surface area (Å²) < 4.78 is 7.67. The van der Waals surface area contributed by atoms with Crippen molar-refractivity contribution in [1.82, 2.24) is 25.3 Å². The van der Waals surface area contributed by atoms with Crippen molar-refractivity contribution in [3.63, 3.8) is 0 Å². The number of amides is 1. The first-order valence-corrected chi connectivity index (χ1v) is 11.5. The van der Waals surface area contributed by atoms with Gasteiger partial charge in [0.1, 0.15) is 17.6 Å². The molecule has 0 radical (unpaired) electrons. The number of carbonyl (C=O) groups excluding carboxylic acids is 1. The largest absolute Gasteiger partial charge is 0.497 e. The molecule has 2 atom stereocenters. The molecule has 168 valence electrons. The second-order valence-corrected chi connectivity index (χ2v) is 8.93. The molecule has 2 aliphatic heterocycles. The first kappa shape index (κ1) is 21.0. The minimum atomic E-state index is -0.192. The van der Waals surface area contributed by atoms with Gasteiger partial charge in [-0.15, -0.1) is 0 Å². The number of hydrogen-bond donors (Lipinski definition) is 2. The predicted molar refractivity (Wildman–Crippen MR) is 124 cm³/mol. The summed E-state index contributed by atoms with van der Waals surface area (Å²) in [6.45, 7) is 4.68. The fourth-order valence-corrected chi connectivity index (χ4v) is 5.04. The number of hydrazine groups is 1. The maximum Gasteiger partial charge on any atom is 0.241 e. The Labute approximate surface area is 188 Å². The maximum absolute atomic E-state index is 13.1. The van der Waals surface area contributed by atoms with Crippen LogP contribution in [0, 0.1) is 12.8 Å². The van der Waals surface area contributed by atoms with Crippen molar-refractivity contribution in [2.45, 2.75) is 44.8 Å². The van der Waals surface area contributed by atoms with E-state index in [1.807, 2.05) is 29.2 Å². The molecule has 2 fully saturated rings. The topological polar surface area (TPSA) is 71.4 Å². The standard InChI is InChI=1S/C25H31N5O2/c1-17-26-21-8-3-4-9-24(21)30(17)16-18-10-12-29(13-11-18)25(31)23-15-22(27-28-23)19-6-5-7-20(14-19)32-2/h3-9,14,18,22-23,27-28H,10-13,15-16H2,1-2H3. The van der Waals surface area contributed by atoms with Gasteiger partial charge in [-0.1, -0.05) is 24.3 Å². The third-order valence-corrected chi connectivity index (χ3v) is 6.91. The highest BCUT2D eigenvalue weighted by Crippen LogP contribution is 2.28. The Hall–Kier alpha value is -2.90. The second kappa shape index (κ2) is 8.92. The zero-order chi connectivity index (χ0) is 22.1. The van der Waals surface area contributed by atoms with Crippen molar-refractivity contribution < 1.29 is 9.53 Å². The van der Waals surface area contributed by atoms with Crippen molar-refractivity contribution in [2.24, 2.45) is 5.92 Å². The summed E-state index contributed by atoms with van der Waals surface area (Å²) in [4.78, 5) is 19.9. The van der Waals surface area contributed by atoms with Gasteiger partial charge in [-0.3, -0.25) is 4.79 Å². The zero-order valence-corrected chi connectivity index (χ0v) is 18.8. The van der Waals surface area contributed by atoms with Crippen LogP contribution in [0.3, 0.4) is 0 Å². The quantitative estimate of drug-likeness (QED) is 0.647. The molecule has 2 aliphatic rings. The van der Waals surface area contributed by atoms with Gasteiger partial charge in [0.2, 0.25) is 5.91 Å². The van der Waals surface area contributed by atoms with E-state index in [-0.39, 0.29) is 18.0 Å². The van der Waals surface area contributed by atoms with Crippen molar-refractivity contribution >= 4 is 16.9 Å². The number of imidazole rings is 1. The van der Waals surface area contributed by atoms with Gasteiger partial charge in [-0.05, 0) is 61.9 Å². The molecule has 0 saturated carbocycles. The summed E-state index contributed by atoms with van der Waals surface area (Å²) in [6.07, 6.45) is 2.79. The summed E-state index contributed by atoms with van der Waals surface area (Å²) in [5.41, 5.74) is 9.91. The number of ether oxygens (including phenoxy) is 1. The minimum absolute atomic E-state index is 0.106. The van der Waals surface area contributed by atoms with E-state index in [4.69, 9.17) is 9.72 Å². The fraction of sp³-hybridized carbons (Fsp3) is 0.440. The monoisotopic (exact) mass is 433 g/mol. The molecule has 3 aromatic rings. The lowest BCUT2D eigenvalue weighted by Gasteiger charge is -2.33. The highest BCUT2D eigenvalue weighted by molar-refractivity contribution is 5.82. The Bertz CT molecular complexity index is 1100. The van der Waals surface area contributed by atoms with Crippen molar-refractivity contribution in [1.29, 1.82) is 0 Å². The van der Waals surface area contributed by atoms with Gasteiger partial charge in [0, 0.05) is 25.7 Å². The summed E-state index contributed by atoms with van der Waals surface area (Å²) in [7, 11) is 1.67. The molecule has 0 aliphatic carbocycles. The number of carbonyl (C=O) groups is 1. The number of piperidine rings is 1. The zero-order valence-electron chi connectivity index (χ0n) is 18.8. The van der Waals surface area contributed by atoms with E-state index in [0.717, 1.165) is 61.6 Å². The minimum Gasteiger partial charge on any atom is -0.497 e. The summed E-state index contributed by atoms with van der Waals surface area (Å²) >= 11 is 0. The molecule has 1 aromatic heterocycles. The molecule has 5 rings (SSSR count). The van der Waals surface area contributed by atoms with E-state index in [1.165, 1.54) is 5.52 Å². The number of para-hydroxylation sites is 2. The van der Waals surface area contributed by atoms with E-state index in [0.29, 0.717) is 5.92 Å². The van der Waals surface area contributed by atoms with Crippen LogP contribution in [0.25, 0.3) is 11.0 Å². The van der Waals surface area contributed by atoms with Crippen LogP contribution in [0.2, 0.25) is 0 Å². The number of methoxy groups -OCH3 is 1. The van der Waals surface area contributed by atoms with Gasteiger partial charge in [-0.2, -0.15) is 0 Å². The number of rotatable bonds is 5. The molecule has 32 heavy (non-hydrogen) atoms. The van der Waals surface area contributed by atoms with Gasteiger partial charge < -0.3 is 14.2 Å². The number of aromatic nitrogens is 2. The number of benzene rings is 2. The Morgan fingerprint density at radius 2 is 1.94 bits per heavy atom. The average Bonchev–Trinajstić information content (AvgIpc) is 3.44. The van der Waals surface area contributed by atoms with E-state index in [9.17, 15) is 4.79 Å². The number of nitrogens with one attached hydrogen (secondary N) is 2. The second-order valence-electron chi connectivity index (χ2n) is 8.93. The van der Waals surface area contributed by atoms with E-state index in [1.54, 1.807) is 7.11 Å². The highest BCUT2D eigenvalue weighted by Gasteiger charge is 2.34. The van der Waals surface area contributed by atoms with E-state index in [2.05, 4.69) is 46.6 Å². The van der Waals surface area contributed by atoms with Crippen molar-refractivity contribution in [3.8, 4) is 5.75 Å². The van der Waals surface area contributed by atoms with Crippen LogP contribution in [0.15, 0.2) is 48.5 Å². The third-order valence-electron chi connectivity index (χ3n) is 6.91. The first-order valence-electron chi connectivity index (χ1n) is 11.5. The number of likely N-dealkylation sites (tertiary alicyclic amines) is 1. The van der Waals surface area contributed by atoms with Gasteiger partial charge >= 0.3 is 0 Å². The first-order chi connectivity index (χ1) is 15.6. The molecule has 7 heteroatoms. The normalized spacial score (nSPS) is 21.9. The predicted octanol–water partition coefficient (Wildman–Crippen LogP) is 3.20. The third kappa shape index (κ3) is 4.10. The number of nitrogens with zero attached hydrogens (tertiary/aromatic N) is 3. The van der Waals surface area contributed by atoms with Crippen LogP contribution >= 0.6 is 0 Å². The van der Waals surface area contributed by atoms with Gasteiger partial charge in [0.25, 0.3) is 0 Å². The molecule has 7 nitrogen and oxygen atoms in total. The van der Waals surface area contributed by atoms with Crippen molar-refractivity contribution in [2.75, 3.05) is 20.2 Å². The van der Waals surface area contributed by atoms with Crippen LogP contribution in [-0.2, 0) is 11.3 Å². The Balaban J connectivity index is 1.17. The number of aryl methyl sites for hydroxylation is 1. The Morgan fingerprint density at radius 1 is 1.12 bits per heavy atom. The number of hydrogen-bond acceptors (Lipinski definition) is 5. The fourth-order valence-electron chi connectivity index (χ4n) is 5.04. The summed E-state index contributed by atoms with van der Waals surface area (Å²) in [6, 6.07) is 16.3. The van der Waals surface area contributed by atoms with Crippen LogP contribution in [0.5, 0.6) is 5.75 Å². The number of fused-ring (bicyclic) bond motifs is 1. The van der Waals surface area contributed by atoms with Crippen LogP contribution in [0.4, 0.5) is 0 Å². The molecular weight excluding hydrogens is 402 g/mol. The van der Waals surface area contributed by atoms with Gasteiger partial charge in [0.05, 0.1) is 18.1 Å². The Kier molecular flexibility index (Phi) is 5.85. The average molecular weight is 434 g/mol. The molecule has 2 unspecified atom stereocenters. The lowest BCUT2D eigenvalue weighted by Crippen LogP contribution is -2.48. The van der Waals surface area contributed by atoms with Gasteiger partial charge in [-0.25, -0.2) is 15.8 Å². The maximum atomic E-state index is 13.1. The van der Waals surface area contributed by atoms with Crippen LogP contribution < -0.4 is 15.6 Å². The van der Waals surface area contributed by atoms with Crippen molar-refractivity contribution in [3.05, 3.63) is 59.9 Å². The van der Waals surface area contributed by atoms with E-state index >= 15 is 0 Å². The highest BCUT2D eigenvalue weighted by atomic mass is 16.5.